The predicted octanol–water partition coefficient (Wildman–Crippen LogP) is 2.77. The van der Waals surface area contributed by atoms with Gasteiger partial charge in [0.15, 0.2) is 0 Å². The van der Waals surface area contributed by atoms with E-state index in [1.54, 1.807) is 18.4 Å². The van der Waals surface area contributed by atoms with Gasteiger partial charge in [0.25, 0.3) is 5.91 Å². The maximum Gasteiger partial charge on any atom is 0.254 e. The smallest absolute Gasteiger partial charge is 0.254 e. The van der Waals surface area contributed by atoms with E-state index in [1.165, 1.54) is 12.1 Å². The Hall–Kier alpha value is -2.14. The van der Waals surface area contributed by atoms with Gasteiger partial charge >= 0.3 is 0 Å². The van der Waals surface area contributed by atoms with E-state index in [0.29, 0.717) is 11.5 Å². The average molecular weight is 314 g/mol. The Morgan fingerprint density at radius 3 is 2.96 bits per heavy atom. The Balaban J connectivity index is 1.46. The van der Waals surface area contributed by atoms with E-state index < -0.39 is 0 Å². The van der Waals surface area contributed by atoms with Gasteiger partial charge in [0, 0.05) is 31.2 Å². The lowest BCUT2D eigenvalue weighted by Crippen LogP contribution is -2.39. The molecule has 2 atom stereocenters. The van der Waals surface area contributed by atoms with E-state index >= 15 is 0 Å². The minimum Gasteiger partial charge on any atom is -0.468 e. The molecule has 2 aliphatic heterocycles. The second-order valence-corrected chi connectivity index (χ2v) is 6.40. The van der Waals surface area contributed by atoms with Crippen molar-refractivity contribution >= 4 is 5.91 Å². The van der Waals surface area contributed by atoms with E-state index in [4.69, 9.17) is 4.42 Å². The second kappa shape index (κ2) is 5.81. The number of fused-ring (bicyclic) bond motifs is 1. The molecule has 0 aliphatic carbocycles. The van der Waals surface area contributed by atoms with Gasteiger partial charge in [-0.25, -0.2) is 4.39 Å². The van der Waals surface area contributed by atoms with Crippen molar-refractivity contribution in [2.45, 2.75) is 19.0 Å². The van der Waals surface area contributed by atoms with Crippen LogP contribution in [-0.2, 0) is 6.54 Å². The summed E-state index contributed by atoms with van der Waals surface area (Å²) >= 11 is 0. The molecule has 4 nitrogen and oxygen atoms in total. The summed E-state index contributed by atoms with van der Waals surface area (Å²) in [5.74, 6) is 1.03. The number of carbonyl (C=O) groups is 1. The fourth-order valence-electron chi connectivity index (χ4n) is 3.84. The topological polar surface area (TPSA) is 36.7 Å². The van der Waals surface area contributed by atoms with Gasteiger partial charge in [0.2, 0.25) is 0 Å². The Labute approximate surface area is 134 Å². The van der Waals surface area contributed by atoms with Gasteiger partial charge in [0.05, 0.1) is 12.8 Å². The van der Waals surface area contributed by atoms with E-state index in [2.05, 4.69) is 4.90 Å². The molecular weight excluding hydrogens is 295 g/mol. The van der Waals surface area contributed by atoms with Gasteiger partial charge in [-0.05, 0) is 42.7 Å². The van der Waals surface area contributed by atoms with E-state index in [9.17, 15) is 9.18 Å². The number of rotatable bonds is 3. The molecule has 2 saturated heterocycles. The highest BCUT2D eigenvalue weighted by atomic mass is 19.1. The van der Waals surface area contributed by atoms with Crippen LogP contribution in [-0.4, -0.2) is 41.4 Å². The minimum absolute atomic E-state index is 0.0585. The molecule has 1 aromatic carbocycles. The first-order valence-electron chi connectivity index (χ1n) is 8.02. The van der Waals surface area contributed by atoms with Crippen LogP contribution in [0.15, 0.2) is 47.1 Å². The standard InChI is InChI=1S/C18H19FN2O2/c19-15-4-1-3-13(9-15)18(22)21-7-6-14-10-20(12-17(14)21)11-16-5-2-8-23-16/h1-5,8-9,14,17H,6-7,10-12H2/t14-,17+/m0/s1. The third-order valence-corrected chi connectivity index (χ3v) is 4.92. The number of hydrogen-bond donors (Lipinski definition) is 0. The summed E-state index contributed by atoms with van der Waals surface area (Å²) in [5.41, 5.74) is 0.440. The summed E-state index contributed by atoms with van der Waals surface area (Å²) in [4.78, 5) is 16.9. The van der Waals surface area contributed by atoms with Crippen molar-refractivity contribution in [1.82, 2.24) is 9.80 Å². The van der Waals surface area contributed by atoms with Crippen molar-refractivity contribution in [2.75, 3.05) is 19.6 Å². The molecule has 0 spiro atoms. The zero-order chi connectivity index (χ0) is 15.8. The van der Waals surface area contributed by atoms with Crippen molar-refractivity contribution in [2.24, 2.45) is 5.92 Å². The molecule has 120 valence electrons. The minimum atomic E-state index is -0.363. The molecule has 2 fully saturated rings. The van der Waals surface area contributed by atoms with Gasteiger partial charge in [0.1, 0.15) is 11.6 Å². The molecule has 2 aromatic rings. The molecule has 1 aromatic heterocycles. The highest BCUT2D eigenvalue weighted by Crippen LogP contribution is 2.33. The number of nitrogens with zero attached hydrogens (tertiary/aromatic N) is 2. The summed E-state index contributed by atoms with van der Waals surface area (Å²) in [7, 11) is 0. The molecular formula is C18H19FN2O2. The third kappa shape index (κ3) is 2.77. The molecule has 1 amide bonds. The molecule has 23 heavy (non-hydrogen) atoms. The fourth-order valence-corrected chi connectivity index (χ4v) is 3.84. The maximum atomic E-state index is 13.4. The fraction of sp³-hybridized carbons (Fsp3) is 0.389. The van der Waals surface area contributed by atoms with Crippen LogP contribution in [0.1, 0.15) is 22.5 Å². The quantitative estimate of drug-likeness (QED) is 0.874. The summed E-state index contributed by atoms with van der Waals surface area (Å²) < 4.78 is 18.8. The first-order valence-corrected chi connectivity index (χ1v) is 8.02. The van der Waals surface area contributed by atoms with Gasteiger partial charge in [-0.1, -0.05) is 6.07 Å². The molecule has 0 N–H and O–H groups in total. The second-order valence-electron chi connectivity index (χ2n) is 6.40. The first-order chi connectivity index (χ1) is 11.2. The molecule has 0 saturated carbocycles. The first kappa shape index (κ1) is 14.5. The van der Waals surface area contributed by atoms with Crippen LogP contribution in [0.25, 0.3) is 0 Å². The number of carbonyl (C=O) groups excluding carboxylic acids is 1. The predicted molar refractivity (Wildman–Crippen MR) is 83.3 cm³/mol. The molecule has 4 rings (SSSR count). The third-order valence-electron chi connectivity index (χ3n) is 4.92. The van der Waals surface area contributed by atoms with Crippen LogP contribution >= 0.6 is 0 Å². The van der Waals surface area contributed by atoms with Crippen LogP contribution in [0.2, 0.25) is 0 Å². The van der Waals surface area contributed by atoms with Crippen LogP contribution in [0.4, 0.5) is 4.39 Å². The zero-order valence-corrected chi connectivity index (χ0v) is 12.8. The van der Waals surface area contributed by atoms with Gasteiger partial charge < -0.3 is 9.32 Å². The average Bonchev–Trinajstić information content (AvgIpc) is 3.24. The molecule has 3 heterocycles. The number of benzene rings is 1. The van der Waals surface area contributed by atoms with Crippen LogP contribution in [0.3, 0.4) is 0 Å². The summed E-state index contributed by atoms with van der Waals surface area (Å²) in [6.45, 7) is 3.38. The lowest BCUT2D eigenvalue weighted by molar-refractivity contribution is 0.0725. The molecule has 5 heteroatoms. The molecule has 0 radical (unpaired) electrons. The Morgan fingerprint density at radius 1 is 1.26 bits per heavy atom. The summed E-state index contributed by atoms with van der Waals surface area (Å²) in [6, 6.07) is 10.1. The van der Waals surface area contributed by atoms with Gasteiger partial charge in [-0.15, -0.1) is 0 Å². The molecule has 2 aliphatic rings. The molecule has 0 unspecified atom stereocenters. The van der Waals surface area contributed by atoms with Crippen molar-refractivity contribution in [3.8, 4) is 0 Å². The van der Waals surface area contributed by atoms with Crippen molar-refractivity contribution in [3.05, 3.63) is 59.8 Å². The van der Waals surface area contributed by atoms with Gasteiger partial charge in [-0.3, -0.25) is 9.69 Å². The number of amides is 1. The highest BCUT2D eigenvalue weighted by molar-refractivity contribution is 5.94. The molecule has 0 bridgehead atoms. The van der Waals surface area contributed by atoms with Gasteiger partial charge in [-0.2, -0.15) is 0 Å². The number of halogens is 1. The Morgan fingerprint density at radius 2 is 2.17 bits per heavy atom. The van der Waals surface area contributed by atoms with E-state index in [-0.39, 0.29) is 17.8 Å². The number of likely N-dealkylation sites (tertiary alicyclic amines) is 2. The largest absolute Gasteiger partial charge is 0.468 e. The maximum absolute atomic E-state index is 13.4. The lowest BCUT2D eigenvalue weighted by Gasteiger charge is -2.25. The Bertz CT molecular complexity index is 701. The number of hydrogen-bond acceptors (Lipinski definition) is 3. The summed E-state index contributed by atoms with van der Waals surface area (Å²) in [5, 5.41) is 0. The van der Waals surface area contributed by atoms with Crippen molar-refractivity contribution < 1.29 is 13.6 Å². The van der Waals surface area contributed by atoms with E-state index in [1.807, 2.05) is 17.0 Å². The van der Waals surface area contributed by atoms with Crippen LogP contribution in [0.5, 0.6) is 0 Å². The number of furan rings is 1. The van der Waals surface area contributed by atoms with Crippen LogP contribution < -0.4 is 0 Å². The Kier molecular flexibility index (Phi) is 3.65. The van der Waals surface area contributed by atoms with E-state index in [0.717, 1.165) is 38.4 Å². The summed E-state index contributed by atoms with van der Waals surface area (Å²) in [6.07, 6.45) is 2.70. The SMILES string of the molecule is O=C(c1cccc(F)c1)N1CC[C@H]2CN(Cc3ccco3)C[C@H]21. The van der Waals surface area contributed by atoms with Crippen molar-refractivity contribution in [3.63, 3.8) is 0 Å². The van der Waals surface area contributed by atoms with Crippen molar-refractivity contribution in [1.29, 1.82) is 0 Å². The zero-order valence-electron chi connectivity index (χ0n) is 12.8. The normalized spacial score (nSPS) is 24.1. The lowest BCUT2D eigenvalue weighted by atomic mass is 10.0. The van der Waals surface area contributed by atoms with Crippen LogP contribution in [0, 0.1) is 11.7 Å². The highest BCUT2D eigenvalue weighted by Gasteiger charge is 2.43. The monoisotopic (exact) mass is 314 g/mol.